The zero-order valence-electron chi connectivity index (χ0n) is 11.0. The number of hydrogen-bond donors (Lipinski definition) is 1. The van der Waals surface area contributed by atoms with Crippen molar-refractivity contribution in [3.05, 3.63) is 34.9 Å². The standard InChI is InChI=1S/C15H20O3/c1-3-18-14(17)15(2)7-6-12-5-4-11(10-16)8-13(12)9-15/h4-5,8,16H,3,6-7,9-10H2,1-2H3. The number of carbonyl (C=O) groups is 1. The monoisotopic (exact) mass is 248 g/mol. The van der Waals surface area contributed by atoms with Crippen molar-refractivity contribution in [2.75, 3.05) is 6.61 Å². The zero-order valence-corrected chi connectivity index (χ0v) is 11.0. The summed E-state index contributed by atoms with van der Waals surface area (Å²) in [4.78, 5) is 12.0. The largest absolute Gasteiger partial charge is 0.466 e. The summed E-state index contributed by atoms with van der Waals surface area (Å²) < 4.78 is 5.17. The Morgan fingerprint density at radius 2 is 2.22 bits per heavy atom. The van der Waals surface area contributed by atoms with Crippen molar-refractivity contribution in [2.45, 2.75) is 39.7 Å². The van der Waals surface area contributed by atoms with Crippen LogP contribution in [0, 0.1) is 5.41 Å². The van der Waals surface area contributed by atoms with E-state index < -0.39 is 5.41 Å². The Labute approximate surface area is 108 Å². The number of ether oxygens (including phenoxy) is 1. The Hall–Kier alpha value is -1.35. The minimum absolute atomic E-state index is 0.0450. The van der Waals surface area contributed by atoms with Gasteiger partial charge in [-0.2, -0.15) is 0 Å². The van der Waals surface area contributed by atoms with Crippen LogP contribution in [0.25, 0.3) is 0 Å². The Morgan fingerprint density at radius 3 is 2.89 bits per heavy atom. The van der Waals surface area contributed by atoms with Gasteiger partial charge in [0.25, 0.3) is 0 Å². The third kappa shape index (κ3) is 2.41. The second-order valence-electron chi connectivity index (χ2n) is 5.22. The van der Waals surface area contributed by atoms with E-state index >= 15 is 0 Å². The van der Waals surface area contributed by atoms with E-state index in [4.69, 9.17) is 4.74 Å². The number of esters is 1. The van der Waals surface area contributed by atoms with E-state index in [2.05, 4.69) is 6.07 Å². The summed E-state index contributed by atoms with van der Waals surface area (Å²) in [6.45, 7) is 4.28. The molecule has 1 aromatic carbocycles. The summed E-state index contributed by atoms with van der Waals surface area (Å²) in [5.74, 6) is -0.106. The number of aliphatic hydroxyl groups is 1. The number of aliphatic hydroxyl groups excluding tert-OH is 1. The van der Waals surface area contributed by atoms with Crippen LogP contribution in [-0.4, -0.2) is 17.7 Å². The van der Waals surface area contributed by atoms with Crippen molar-refractivity contribution in [2.24, 2.45) is 5.41 Å². The summed E-state index contributed by atoms with van der Waals surface area (Å²) in [5.41, 5.74) is 2.94. The minimum Gasteiger partial charge on any atom is -0.466 e. The van der Waals surface area contributed by atoms with Crippen LogP contribution in [0.15, 0.2) is 18.2 Å². The molecule has 0 bridgehead atoms. The van der Waals surface area contributed by atoms with Crippen molar-refractivity contribution >= 4 is 5.97 Å². The molecule has 0 fully saturated rings. The zero-order chi connectivity index (χ0) is 13.2. The molecule has 3 nitrogen and oxygen atoms in total. The highest BCUT2D eigenvalue weighted by Gasteiger charge is 2.38. The average molecular weight is 248 g/mol. The molecule has 1 aliphatic carbocycles. The number of aryl methyl sites for hydroxylation is 1. The quantitative estimate of drug-likeness (QED) is 0.834. The molecule has 0 saturated carbocycles. The second-order valence-corrected chi connectivity index (χ2v) is 5.22. The highest BCUT2D eigenvalue weighted by molar-refractivity contribution is 5.77. The van der Waals surface area contributed by atoms with Crippen molar-refractivity contribution in [1.29, 1.82) is 0 Å². The van der Waals surface area contributed by atoms with Crippen molar-refractivity contribution in [1.82, 2.24) is 0 Å². The predicted molar refractivity (Wildman–Crippen MR) is 69.1 cm³/mol. The number of benzene rings is 1. The molecule has 1 aliphatic rings. The minimum atomic E-state index is -0.420. The van der Waals surface area contributed by atoms with Gasteiger partial charge >= 0.3 is 5.97 Å². The summed E-state index contributed by atoms with van der Waals surface area (Å²) in [6, 6.07) is 6.02. The lowest BCUT2D eigenvalue weighted by atomic mass is 9.72. The van der Waals surface area contributed by atoms with Crippen LogP contribution in [0.4, 0.5) is 0 Å². The molecule has 2 rings (SSSR count). The van der Waals surface area contributed by atoms with E-state index in [1.165, 1.54) is 11.1 Å². The van der Waals surface area contributed by atoms with Gasteiger partial charge in [-0.3, -0.25) is 4.79 Å². The van der Waals surface area contributed by atoms with Crippen LogP contribution in [0.2, 0.25) is 0 Å². The molecular formula is C15H20O3. The third-order valence-electron chi connectivity index (χ3n) is 3.75. The molecule has 98 valence electrons. The molecule has 0 spiro atoms. The lowest BCUT2D eigenvalue weighted by Crippen LogP contribution is -2.35. The first kappa shape index (κ1) is 13.1. The highest BCUT2D eigenvalue weighted by Crippen LogP contribution is 2.36. The maximum absolute atomic E-state index is 12.0. The second kappa shape index (κ2) is 5.11. The van der Waals surface area contributed by atoms with Crippen LogP contribution in [0.5, 0.6) is 0 Å². The molecule has 0 heterocycles. The van der Waals surface area contributed by atoms with Gasteiger partial charge in [0, 0.05) is 0 Å². The van der Waals surface area contributed by atoms with Gasteiger partial charge in [-0.25, -0.2) is 0 Å². The molecular weight excluding hydrogens is 228 g/mol. The van der Waals surface area contributed by atoms with Crippen LogP contribution >= 0.6 is 0 Å². The third-order valence-corrected chi connectivity index (χ3v) is 3.75. The van der Waals surface area contributed by atoms with Crippen LogP contribution in [0.1, 0.15) is 37.0 Å². The van der Waals surface area contributed by atoms with E-state index in [1.807, 2.05) is 26.0 Å². The van der Waals surface area contributed by atoms with E-state index in [-0.39, 0.29) is 12.6 Å². The lowest BCUT2D eigenvalue weighted by Gasteiger charge is -2.32. The van der Waals surface area contributed by atoms with E-state index in [0.29, 0.717) is 13.0 Å². The molecule has 0 amide bonds. The van der Waals surface area contributed by atoms with E-state index in [1.54, 1.807) is 0 Å². The molecule has 0 aliphatic heterocycles. The predicted octanol–water partition coefficient (Wildman–Crippen LogP) is 2.24. The average Bonchev–Trinajstić information content (AvgIpc) is 2.38. The van der Waals surface area contributed by atoms with Gasteiger partial charge in [0.2, 0.25) is 0 Å². The molecule has 0 radical (unpaired) electrons. The SMILES string of the molecule is CCOC(=O)C1(C)CCc2ccc(CO)cc2C1. The van der Waals surface area contributed by atoms with E-state index in [0.717, 1.165) is 18.4 Å². The fraction of sp³-hybridized carbons (Fsp3) is 0.533. The van der Waals surface area contributed by atoms with Crippen molar-refractivity contribution < 1.29 is 14.6 Å². The molecule has 0 aromatic heterocycles. The Kier molecular flexibility index (Phi) is 3.71. The van der Waals surface area contributed by atoms with Gasteiger partial charge in [0.1, 0.15) is 0 Å². The summed E-state index contributed by atoms with van der Waals surface area (Å²) in [6.07, 6.45) is 2.43. The maximum Gasteiger partial charge on any atom is 0.312 e. The fourth-order valence-electron chi connectivity index (χ4n) is 2.58. The topological polar surface area (TPSA) is 46.5 Å². The Bertz CT molecular complexity index is 453. The number of hydrogen-bond acceptors (Lipinski definition) is 3. The first-order valence-corrected chi connectivity index (χ1v) is 6.48. The number of rotatable bonds is 3. The molecule has 3 heteroatoms. The summed E-state index contributed by atoms with van der Waals surface area (Å²) in [5, 5.41) is 9.17. The first-order valence-electron chi connectivity index (χ1n) is 6.48. The van der Waals surface area contributed by atoms with E-state index in [9.17, 15) is 9.90 Å². The molecule has 1 atom stereocenters. The number of fused-ring (bicyclic) bond motifs is 1. The fourth-order valence-corrected chi connectivity index (χ4v) is 2.58. The molecule has 18 heavy (non-hydrogen) atoms. The Balaban J connectivity index is 2.24. The smallest absolute Gasteiger partial charge is 0.312 e. The summed E-state index contributed by atoms with van der Waals surface area (Å²) >= 11 is 0. The molecule has 1 N–H and O–H groups in total. The lowest BCUT2D eigenvalue weighted by molar-refractivity contribution is -0.155. The van der Waals surface area contributed by atoms with Crippen LogP contribution < -0.4 is 0 Å². The van der Waals surface area contributed by atoms with Gasteiger partial charge < -0.3 is 9.84 Å². The number of carbonyl (C=O) groups excluding carboxylic acids is 1. The van der Waals surface area contributed by atoms with Crippen molar-refractivity contribution in [3.8, 4) is 0 Å². The molecule has 0 saturated heterocycles. The van der Waals surface area contributed by atoms with Gasteiger partial charge in [-0.1, -0.05) is 18.2 Å². The van der Waals surface area contributed by atoms with Gasteiger partial charge in [0.05, 0.1) is 18.6 Å². The van der Waals surface area contributed by atoms with Crippen molar-refractivity contribution in [3.63, 3.8) is 0 Å². The van der Waals surface area contributed by atoms with Gasteiger partial charge in [-0.05, 0) is 49.8 Å². The normalized spacial score (nSPS) is 22.4. The summed E-state index contributed by atoms with van der Waals surface area (Å²) in [7, 11) is 0. The molecule has 1 unspecified atom stereocenters. The molecule has 1 aromatic rings. The van der Waals surface area contributed by atoms with Crippen LogP contribution in [0.3, 0.4) is 0 Å². The van der Waals surface area contributed by atoms with Crippen LogP contribution in [-0.2, 0) is 29.0 Å². The Morgan fingerprint density at radius 1 is 1.44 bits per heavy atom. The van der Waals surface area contributed by atoms with Gasteiger partial charge in [-0.15, -0.1) is 0 Å². The first-order chi connectivity index (χ1) is 8.59. The van der Waals surface area contributed by atoms with Gasteiger partial charge in [0.15, 0.2) is 0 Å². The maximum atomic E-state index is 12.0. The highest BCUT2D eigenvalue weighted by atomic mass is 16.5.